The summed E-state index contributed by atoms with van der Waals surface area (Å²) in [4.78, 5) is 10.5. The molecule has 0 fully saturated rings. The third kappa shape index (κ3) is 4.85. The topological polar surface area (TPSA) is 99.0 Å². The summed E-state index contributed by atoms with van der Waals surface area (Å²) in [7, 11) is 3.92. The molecule has 0 amide bonds. The Morgan fingerprint density at radius 3 is 1.95 bits per heavy atom. The molecular weight excluding hydrogens is 286 g/mol. The van der Waals surface area contributed by atoms with Gasteiger partial charge in [-0.3, -0.25) is 0 Å². The zero-order chi connectivity index (χ0) is 15.8. The molecule has 0 saturated carbocycles. The standard InChI is InChI=1S/C13H19N7O2/c1-4-6-21-12-16-10(8-14-18-12)11-9-15-19-13(17-11)22-7-5-20(2)3/h8-9H,4-7H2,1-3H3. The minimum Gasteiger partial charge on any atom is -0.462 e. The van der Waals surface area contributed by atoms with Crippen LogP contribution in [-0.2, 0) is 0 Å². The van der Waals surface area contributed by atoms with Crippen LogP contribution in [0, 0.1) is 0 Å². The van der Waals surface area contributed by atoms with Crippen LogP contribution in [0.2, 0.25) is 0 Å². The van der Waals surface area contributed by atoms with Gasteiger partial charge in [0.25, 0.3) is 0 Å². The lowest BCUT2D eigenvalue weighted by molar-refractivity contribution is 0.243. The van der Waals surface area contributed by atoms with Crippen molar-refractivity contribution in [2.45, 2.75) is 13.3 Å². The van der Waals surface area contributed by atoms with Gasteiger partial charge in [0.15, 0.2) is 0 Å². The molecule has 118 valence electrons. The van der Waals surface area contributed by atoms with Crippen molar-refractivity contribution in [2.75, 3.05) is 33.9 Å². The number of ether oxygens (including phenoxy) is 2. The molecule has 0 aliphatic heterocycles. The Morgan fingerprint density at radius 2 is 1.45 bits per heavy atom. The molecular formula is C13H19N7O2. The molecule has 0 radical (unpaired) electrons. The van der Waals surface area contributed by atoms with Gasteiger partial charge in [0.2, 0.25) is 0 Å². The van der Waals surface area contributed by atoms with Gasteiger partial charge in [-0.25, -0.2) is 0 Å². The van der Waals surface area contributed by atoms with E-state index in [0.717, 1.165) is 13.0 Å². The van der Waals surface area contributed by atoms with E-state index in [1.54, 1.807) is 0 Å². The first-order chi connectivity index (χ1) is 10.7. The second-order valence-electron chi connectivity index (χ2n) is 4.75. The van der Waals surface area contributed by atoms with Crippen molar-refractivity contribution in [3.63, 3.8) is 0 Å². The van der Waals surface area contributed by atoms with Crippen molar-refractivity contribution < 1.29 is 9.47 Å². The summed E-state index contributed by atoms with van der Waals surface area (Å²) in [5, 5.41) is 15.4. The Bertz CT molecular complexity index is 594. The second kappa shape index (κ2) is 8.13. The van der Waals surface area contributed by atoms with Crippen molar-refractivity contribution in [1.29, 1.82) is 0 Å². The van der Waals surface area contributed by atoms with Crippen LogP contribution in [0.4, 0.5) is 0 Å². The molecule has 0 aromatic carbocycles. The Kier molecular flexibility index (Phi) is 5.90. The van der Waals surface area contributed by atoms with Gasteiger partial charge < -0.3 is 14.4 Å². The van der Waals surface area contributed by atoms with Crippen LogP contribution in [0.25, 0.3) is 11.4 Å². The van der Waals surface area contributed by atoms with Gasteiger partial charge in [0.1, 0.15) is 18.0 Å². The van der Waals surface area contributed by atoms with E-state index in [9.17, 15) is 0 Å². The van der Waals surface area contributed by atoms with Crippen LogP contribution >= 0.6 is 0 Å². The summed E-state index contributed by atoms with van der Waals surface area (Å²) >= 11 is 0. The maximum absolute atomic E-state index is 5.45. The highest BCUT2D eigenvalue weighted by Gasteiger charge is 2.09. The third-order valence-corrected chi connectivity index (χ3v) is 2.55. The molecule has 0 saturated heterocycles. The molecule has 0 aliphatic carbocycles. The normalized spacial score (nSPS) is 10.7. The van der Waals surface area contributed by atoms with Crippen LogP contribution < -0.4 is 9.47 Å². The number of rotatable bonds is 8. The maximum atomic E-state index is 5.45. The van der Waals surface area contributed by atoms with Crippen LogP contribution in [0.1, 0.15) is 13.3 Å². The van der Waals surface area contributed by atoms with Crippen molar-refractivity contribution >= 4 is 0 Å². The zero-order valence-corrected chi connectivity index (χ0v) is 12.9. The molecule has 2 aromatic heterocycles. The molecule has 2 aromatic rings. The van der Waals surface area contributed by atoms with Gasteiger partial charge in [-0.15, -0.1) is 0 Å². The molecule has 0 unspecified atom stereocenters. The Labute approximate surface area is 128 Å². The van der Waals surface area contributed by atoms with E-state index in [4.69, 9.17) is 9.47 Å². The zero-order valence-electron chi connectivity index (χ0n) is 12.9. The first kappa shape index (κ1) is 16.0. The second-order valence-corrected chi connectivity index (χ2v) is 4.75. The van der Waals surface area contributed by atoms with Gasteiger partial charge in [-0.1, -0.05) is 17.1 Å². The van der Waals surface area contributed by atoms with E-state index in [0.29, 0.717) is 24.6 Å². The van der Waals surface area contributed by atoms with Gasteiger partial charge in [0, 0.05) is 6.54 Å². The first-order valence-electron chi connectivity index (χ1n) is 6.99. The molecule has 0 N–H and O–H groups in total. The fraction of sp³-hybridized carbons (Fsp3) is 0.538. The Morgan fingerprint density at radius 1 is 0.909 bits per heavy atom. The molecule has 0 atom stereocenters. The predicted molar refractivity (Wildman–Crippen MR) is 78.5 cm³/mol. The number of nitrogens with zero attached hydrogens (tertiary/aromatic N) is 7. The quantitative estimate of drug-likeness (QED) is 0.688. The van der Waals surface area contributed by atoms with E-state index in [1.165, 1.54) is 12.4 Å². The average molecular weight is 305 g/mol. The lowest BCUT2D eigenvalue weighted by Crippen LogP contribution is -2.20. The van der Waals surface area contributed by atoms with Gasteiger partial charge in [-0.05, 0) is 20.5 Å². The largest absolute Gasteiger partial charge is 0.462 e. The maximum Gasteiger partial charge on any atom is 0.336 e. The summed E-state index contributed by atoms with van der Waals surface area (Å²) in [6.45, 7) is 3.78. The Hall–Kier alpha value is -2.42. The highest BCUT2D eigenvalue weighted by Crippen LogP contribution is 2.15. The molecule has 2 rings (SSSR count). The number of likely N-dealkylation sites (N-methyl/N-ethyl adjacent to an activating group) is 1. The van der Waals surface area contributed by atoms with E-state index >= 15 is 0 Å². The lowest BCUT2D eigenvalue weighted by Gasteiger charge is -2.09. The van der Waals surface area contributed by atoms with Gasteiger partial charge in [0.05, 0.1) is 19.0 Å². The number of hydrogen-bond acceptors (Lipinski definition) is 9. The van der Waals surface area contributed by atoms with E-state index in [-0.39, 0.29) is 12.0 Å². The molecule has 2 heterocycles. The van der Waals surface area contributed by atoms with Crippen LogP contribution in [-0.4, -0.2) is 69.1 Å². The SMILES string of the molecule is CCCOc1nncc(-c2cnnc(OCCN(C)C)n2)n1. The highest BCUT2D eigenvalue weighted by atomic mass is 16.5. The predicted octanol–water partition coefficient (Wildman–Crippen LogP) is 0.453. The molecule has 22 heavy (non-hydrogen) atoms. The number of hydrogen-bond donors (Lipinski definition) is 0. The lowest BCUT2D eigenvalue weighted by atomic mass is 10.3. The van der Waals surface area contributed by atoms with Gasteiger partial charge in [-0.2, -0.15) is 20.2 Å². The van der Waals surface area contributed by atoms with Crippen molar-refractivity contribution in [3.05, 3.63) is 12.4 Å². The average Bonchev–Trinajstić information content (AvgIpc) is 2.53. The highest BCUT2D eigenvalue weighted by molar-refractivity contribution is 5.51. The van der Waals surface area contributed by atoms with Crippen molar-refractivity contribution in [1.82, 2.24) is 35.3 Å². The molecule has 0 bridgehead atoms. The van der Waals surface area contributed by atoms with Crippen molar-refractivity contribution in [3.8, 4) is 23.4 Å². The van der Waals surface area contributed by atoms with Crippen molar-refractivity contribution in [2.24, 2.45) is 0 Å². The van der Waals surface area contributed by atoms with Crippen LogP contribution in [0.5, 0.6) is 12.0 Å². The minimum atomic E-state index is 0.203. The van der Waals surface area contributed by atoms with E-state index in [2.05, 4.69) is 30.4 Å². The molecule has 9 heteroatoms. The Balaban J connectivity index is 2.08. The van der Waals surface area contributed by atoms with Crippen LogP contribution in [0.15, 0.2) is 12.4 Å². The van der Waals surface area contributed by atoms with Gasteiger partial charge >= 0.3 is 12.0 Å². The summed E-state index contributed by atoms with van der Waals surface area (Å²) in [6.07, 6.45) is 3.85. The van der Waals surface area contributed by atoms with E-state index < -0.39 is 0 Å². The summed E-state index contributed by atoms with van der Waals surface area (Å²) in [5.74, 6) is 0. The fourth-order valence-electron chi connectivity index (χ4n) is 1.46. The molecule has 0 aliphatic rings. The minimum absolute atomic E-state index is 0.203. The fourth-order valence-corrected chi connectivity index (χ4v) is 1.46. The van der Waals surface area contributed by atoms with E-state index in [1.807, 2.05) is 25.9 Å². The van der Waals surface area contributed by atoms with Crippen LogP contribution in [0.3, 0.4) is 0 Å². The molecule has 0 spiro atoms. The first-order valence-corrected chi connectivity index (χ1v) is 6.99. The number of aromatic nitrogens is 6. The monoisotopic (exact) mass is 305 g/mol. The molecule has 9 nitrogen and oxygen atoms in total. The summed E-state index contributed by atoms with van der Waals surface area (Å²) < 4.78 is 10.8. The third-order valence-electron chi connectivity index (χ3n) is 2.55. The summed E-state index contributed by atoms with van der Waals surface area (Å²) in [5.41, 5.74) is 1.01. The summed E-state index contributed by atoms with van der Waals surface area (Å²) in [6, 6.07) is 0.419. The smallest absolute Gasteiger partial charge is 0.336 e.